The van der Waals surface area contributed by atoms with Gasteiger partial charge in [-0.1, -0.05) is 0 Å². The van der Waals surface area contributed by atoms with E-state index in [1.54, 1.807) is 0 Å². The highest BCUT2D eigenvalue weighted by atomic mass is 31.2. The van der Waals surface area contributed by atoms with Crippen LogP contribution >= 0.6 is 7.37 Å². The van der Waals surface area contributed by atoms with Crippen molar-refractivity contribution in [2.45, 2.75) is 55.4 Å². The van der Waals surface area contributed by atoms with Gasteiger partial charge in [0.2, 0.25) is 7.37 Å². The average Bonchev–Trinajstić information content (AvgIpc) is 2.52. The standard InChI is InChI=1S/C21H29O3P/c1-10-12(3)16(7)20(22)18(14(10)5)19-15(6)11(2)13(4)17(8)21(19)25(9,23)24/h22H,1-9H3,(H,23,24). The summed E-state index contributed by atoms with van der Waals surface area (Å²) in [6.45, 7) is 17.2. The van der Waals surface area contributed by atoms with Gasteiger partial charge in [-0.05, 0) is 99.9 Å². The predicted molar refractivity (Wildman–Crippen MR) is 107 cm³/mol. The highest BCUT2D eigenvalue weighted by Gasteiger charge is 2.29. The van der Waals surface area contributed by atoms with Gasteiger partial charge in [0.15, 0.2) is 0 Å². The lowest BCUT2D eigenvalue weighted by molar-refractivity contribution is 0.472. The molecule has 0 bridgehead atoms. The van der Waals surface area contributed by atoms with Crippen LogP contribution in [0.5, 0.6) is 5.75 Å². The maximum absolute atomic E-state index is 12.8. The van der Waals surface area contributed by atoms with Crippen molar-refractivity contribution in [2.24, 2.45) is 0 Å². The number of phenols is 1. The molecular weight excluding hydrogens is 331 g/mol. The summed E-state index contributed by atoms with van der Waals surface area (Å²) in [5, 5.41) is 11.4. The Hall–Kier alpha value is -1.57. The van der Waals surface area contributed by atoms with Crippen LogP contribution in [0.15, 0.2) is 0 Å². The fourth-order valence-electron chi connectivity index (χ4n) is 3.72. The van der Waals surface area contributed by atoms with Crippen LogP contribution in [-0.4, -0.2) is 16.7 Å². The second-order valence-corrected chi connectivity index (χ2v) is 9.53. The van der Waals surface area contributed by atoms with E-state index in [9.17, 15) is 14.6 Å². The highest BCUT2D eigenvalue weighted by molar-refractivity contribution is 7.65. The van der Waals surface area contributed by atoms with Crippen molar-refractivity contribution in [2.75, 3.05) is 6.66 Å². The average molecular weight is 360 g/mol. The molecule has 4 heteroatoms. The molecule has 2 aromatic carbocycles. The molecule has 0 spiro atoms. The van der Waals surface area contributed by atoms with Crippen molar-refractivity contribution < 1.29 is 14.6 Å². The van der Waals surface area contributed by atoms with Gasteiger partial charge in [0.1, 0.15) is 5.75 Å². The molecule has 0 amide bonds. The third kappa shape index (κ3) is 2.94. The monoisotopic (exact) mass is 360 g/mol. The predicted octanol–water partition coefficient (Wildman–Crippen LogP) is 5.05. The number of hydrogen-bond donors (Lipinski definition) is 2. The second-order valence-electron chi connectivity index (χ2n) is 7.33. The minimum atomic E-state index is -3.53. The van der Waals surface area contributed by atoms with E-state index < -0.39 is 7.37 Å². The molecule has 2 rings (SSSR count). The Morgan fingerprint density at radius 1 is 0.600 bits per heavy atom. The lowest BCUT2D eigenvalue weighted by atomic mass is 9.84. The Bertz CT molecular complexity index is 904. The van der Waals surface area contributed by atoms with Crippen LogP contribution in [0, 0.1) is 55.4 Å². The van der Waals surface area contributed by atoms with Crippen LogP contribution in [0.3, 0.4) is 0 Å². The van der Waals surface area contributed by atoms with Crippen LogP contribution in [0.1, 0.15) is 44.5 Å². The van der Waals surface area contributed by atoms with Crippen LogP contribution in [0.4, 0.5) is 0 Å². The number of benzene rings is 2. The quantitative estimate of drug-likeness (QED) is 0.737. The number of rotatable bonds is 2. The van der Waals surface area contributed by atoms with E-state index in [0.29, 0.717) is 10.9 Å². The van der Waals surface area contributed by atoms with E-state index >= 15 is 0 Å². The fourth-order valence-corrected chi connectivity index (χ4v) is 5.20. The molecule has 0 radical (unpaired) electrons. The summed E-state index contributed by atoms with van der Waals surface area (Å²) < 4.78 is 12.8. The zero-order chi connectivity index (χ0) is 19.4. The zero-order valence-corrected chi connectivity index (χ0v) is 17.6. The Labute approximate surface area is 151 Å². The molecule has 0 aliphatic carbocycles. The first-order chi connectivity index (χ1) is 11.3. The minimum Gasteiger partial charge on any atom is -0.507 e. The normalized spacial score (nSPS) is 13.8. The first kappa shape index (κ1) is 19.8. The molecule has 136 valence electrons. The van der Waals surface area contributed by atoms with Gasteiger partial charge in [0, 0.05) is 23.1 Å². The summed E-state index contributed by atoms with van der Waals surface area (Å²) in [6, 6.07) is 0. The van der Waals surface area contributed by atoms with Gasteiger partial charge in [-0.3, -0.25) is 4.57 Å². The van der Waals surface area contributed by atoms with Gasteiger partial charge in [-0.15, -0.1) is 0 Å². The smallest absolute Gasteiger partial charge is 0.227 e. The maximum Gasteiger partial charge on any atom is 0.227 e. The summed E-state index contributed by atoms with van der Waals surface area (Å²) in [6.07, 6.45) is 0. The second kappa shape index (κ2) is 6.30. The van der Waals surface area contributed by atoms with Gasteiger partial charge < -0.3 is 10.00 Å². The summed E-state index contributed by atoms with van der Waals surface area (Å²) >= 11 is 0. The molecule has 2 N–H and O–H groups in total. The molecule has 1 atom stereocenters. The van der Waals surface area contributed by atoms with Crippen LogP contribution < -0.4 is 5.30 Å². The van der Waals surface area contributed by atoms with Crippen LogP contribution in [0.25, 0.3) is 11.1 Å². The third-order valence-electron chi connectivity index (χ3n) is 5.97. The Kier molecular flexibility index (Phi) is 4.98. The van der Waals surface area contributed by atoms with Crippen molar-refractivity contribution in [3.63, 3.8) is 0 Å². The largest absolute Gasteiger partial charge is 0.507 e. The SMILES string of the molecule is Cc1c(C)c(C)c(-c2c(C)c(C)c(C)c(C)c2P(C)(=O)O)c(O)c1C. The number of hydrogen-bond acceptors (Lipinski definition) is 2. The summed E-state index contributed by atoms with van der Waals surface area (Å²) in [4.78, 5) is 10.5. The minimum absolute atomic E-state index is 0.209. The Balaban J connectivity index is 3.18. The molecule has 25 heavy (non-hydrogen) atoms. The number of aromatic hydroxyl groups is 1. The van der Waals surface area contributed by atoms with Gasteiger partial charge in [0.05, 0.1) is 0 Å². The molecule has 0 saturated heterocycles. The van der Waals surface area contributed by atoms with Crippen molar-refractivity contribution in [3.8, 4) is 16.9 Å². The summed E-state index contributed by atoms with van der Waals surface area (Å²) in [7, 11) is -3.53. The Morgan fingerprint density at radius 2 is 0.960 bits per heavy atom. The fraction of sp³-hybridized carbons (Fsp3) is 0.429. The van der Waals surface area contributed by atoms with Crippen molar-refractivity contribution in [3.05, 3.63) is 44.5 Å². The third-order valence-corrected chi connectivity index (χ3v) is 7.36. The van der Waals surface area contributed by atoms with Gasteiger partial charge in [0.25, 0.3) is 0 Å². The van der Waals surface area contributed by atoms with Gasteiger partial charge >= 0.3 is 0 Å². The highest BCUT2D eigenvalue weighted by Crippen LogP contribution is 2.47. The first-order valence-corrected chi connectivity index (χ1v) is 10.6. The lowest BCUT2D eigenvalue weighted by Gasteiger charge is -2.26. The maximum atomic E-state index is 12.8. The van der Waals surface area contributed by atoms with E-state index in [1.807, 2.05) is 55.4 Å². The van der Waals surface area contributed by atoms with Crippen LogP contribution in [0.2, 0.25) is 0 Å². The Morgan fingerprint density at radius 3 is 1.40 bits per heavy atom. The molecule has 2 aromatic rings. The number of phenolic OH excluding ortho intramolecular Hbond substituents is 1. The molecule has 0 fully saturated rings. The molecule has 3 nitrogen and oxygen atoms in total. The molecule has 1 unspecified atom stereocenters. The van der Waals surface area contributed by atoms with E-state index in [1.165, 1.54) is 6.66 Å². The lowest BCUT2D eigenvalue weighted by Crippen LogP contribution is -2.18. The molecule has 0 aliphatic heterocycles. The van der Waals surface area contributed by atoms with E-state index in [4.69, 9.17) is 0 Å². The summed E-state index contributed by atoms with van der Waals surface area (Å²) in [5.41, 5.74) is 9.27. The molecule has 0 aliphatic rings. The first-order valence-electron chi connectivity index (χ1n) is 8.53. The van der Waals surface area contributed by atoms with Crippen LogP contribution in [-0.2, 0) is 4.57 Å². The van der Waals surface area contributed by atoms with Crippen molar-refractivity contribution in [1.29, 1.82) is 0 Å². The van der Waals surface area contributed by atoms with Gasteiger partial charge in [-0.2, -0.15) is 0 Å². The van der Waals surface area contributed by atoms with Crippen molar-refractivity contribution in [1.82, 2.24) is 0 Å². The molecule has 0 heterocycles. The summed E-state index contributed by atoms with van der Waals surface area (Å²) in [5.74, 6) is 0.209. The topological polar surface area (TPSA) is 57.5 Å². The molecule has 0 aromatic heterocycles. The van der Waals surface area contributed by atoms with Gasteiger partial charge in [-0.25, -0.2) is 0 Å². The van der Waals surface area contributed by atoms with E-state index in [0.717, 1.165) is 50.1 Å². The van der Waals surface area contributed by atoms with E-state index in [-0.39, 0.29) is 5.75 Å². The zero-order valence-electron chi connectivity index (χ0n) is 16.7. The van der Waals surface area contributed by atoms with Crippen molar-refractivity contribution >= 4 is 12.7 Å². The molecular formula is C21H29O3P. The van der Waals surface area contributed by atoms with E-state index in [2.05, 4.69) is 0 Å². The molecule has 0 saturated carbocycles.